The zero-order valence-electron chi connectivity index (χ0n) is 26.6. The standard InChI is InChI=1S/C36H32F2N4O7/c1-46-30-16-24-27(17-31(30)47-2)40-12-9-28(24)49-29-8-7-23(15-26(29)38)41-36(45)25-19-42(18-20-10-13-48-14-11-20)33(35(39)44)32(34(25)43)21-3-5-22(37)6-4-21/h3-9,12,15-17,19-20H,10-11,13-14,18H2,1-2H3,(H2,39,44)(H,41,45). The van der Waals surface area contributed by atoms with Gasteiger partial charge in [-0.15, -0.1) is 0 Å². The van der Waals surface area contributed by atoms with Crippen molar-refractivity contribution in [2.45, 2.75) is 19.4 Å². The third kappa shape index (κ3) is 6.92. The number of primary amides is 1. The third-order valence-corrected chi connectivity index (χ3v) is 8.30. The normalized spacial score (nSPS) is 13.2. The lowest BCUT2D eigenvalue weighted by Gasteiger charge is -2.25. The second-order valence-corrected chi connectivity index (χ2v) is 11.4. The minimum atomic E-state index is -0.882. The summed E-state index contributed by atoms with van der Waals surface area (Å²) in [6.45, 7) is 1.33. The second-order valence-electron chi connectivity index (χ2n) is 11.4. The fourth-order valence-electron chi connectivity index (χ4n) is 5.84. The third-order valence-electron chi connectivity index (χ3n) is 8.30. The first-order valence-corrected chi connectivity index (χ1v) is 15.4. The maximum absolute atomic E-state index is 15.4. The van der Waals surface area contributed by atoms with Crippen molar-refractivity contribution in [2.75, 3.05) is 32.8 Å². The molecule has 0 bridgehead atoms. The van der Waals surface area contributed by atoms with Crippen LogP contribution in [-0.2, 0) is 11.3 Å². The zero-order chi connectivity index (χ0) is 34.7. The number of pyridine rings is 2. The number of hydrogen-bond donors (Lipinski definition) is 2. The molecule has 3 N–H and O–H groups in total. The molecule has 1 aliphatic rings. The predicted octanol–water partition coefficient (Wildman–Crippen LogP) is 5.93. The summed E-state index contributed by atoms with van der Waals surface area (Å²) < 4.78 is 52.8. The van der Waals surface area contributed by atoms with Gasteiger partial charge >= 0.3 is 0 Å². The molecule has 3 aromatic carbocycles. The Kier molecular flexibility index (Phi) is 9.54. The van der Waals surface area contributed by atoms with Crippen LogP contribution in [0.5, 0.6) is 23.0 Å². The van der Waals surface area contributed by atoms with Crippen LogP contribution in [0, 0.1) is 17.6 Å². The monoisotopic (exact) mass is 670 g/mol. The number of methoxy groups -OCH3 is 2. The highest BCUT2D eigenvalue weighted by atomic mass is 19.1. The van der Waals surface area contributed by atoms with Crippen molar-refractivity contribution < 1.29 is 37.3 Å². The van der Waals surface area contributed by atoms with E-state index in [2.05, 4.69) is 10.3 Å². The van der Waals surface area contributed by atoms with Crippen molar-refractivity contribution in [3.8, 4) is 34.1 Å². The van der Waals surface area contributed by atoms with E-state index < -0.39 is 28.9 Å². The SMILES string of the molecule is COc1cc2nccc(Oc3ccc(NC(=O)c4cn(CC5CCOCC5)c(C(N)=O)c(-c5ccc(F)cc5)c4=O)cc3F)c2cc1OC. The molecule has 0 aliphatic carbocycles. The van der Waals surface area contributed by atoms with Gasteiger partial charge in [-0.3, -0.25) is 19.4 Å². The van der Waals surface area contributed by atoms with E-state index in [4.69, 9.17) is 24.7 Å². The summed E-state index contributed by atoms with van der Waals surface area (Å²) in [4.78, 5) is 44.6. The molecule has 13 heteroatoms. The summed E-state index contributed by atoms with van der Waals surface area (Å²) in [6.07, 6.45) is 4.19. The minimum absolute atomic E-state index is 0.0403. The molecule has 3 heterocycles. The summed E-state index contributed by atoms with van der Waals surface area (Å²) in [5.74, 6) is -1.93. The van der Waals surface area contributed by atoms with Crippen LogP contribution in [0.1, 0.15) is 33.7 Å². The highest BCUT2D eigenvalue weighted by Crippen LogP contribution is 2.37. The molecule has 0 unspecified atom stereocenters. The van der Waals surface area contributed by atoms with Crippen molar-refractivity contribution in [1.82, 2.24) is 9.55 Å². The molecule has 1 aliphatic heterocycles. The molecule has 252 valence electrons. The summed E-state index contributed by atoms with van der Waals surface area (Å²) in [5, 5.41) is 3.12. The van der Waals surface area contributed by atoms with Crippen molar-refractivity contribution in [3.05, 3.63) is 106 Å². The van der Waals surface area contributed by atoms with Crippen molar-refractivity contribution in [1.29, 1.82) is 0 Å². The van der Waals surface area contributed by atoms with Crippen LogP contribution in [0.15, 0.2) is 77.9 Å². The first-order valence-electron chi connectivity index (χ1n) is 15.4. The van der Waals surface area contributed by atoms with Gasteiger partial charge in [0.15, 0.2) is 23.1 Å². The molecule has 2 amide bonds. The van der Waals surface area contributed by atoms with Gasteiger partial charge in [0.1, 0.15) is 22.8 Å². The number of nitrogens with zero attached hydrogens (tertiary/aromatic N) is 2. The number of amides is 2. The Balaban J connectivity index is 1.33. The molecule has 1 fully saturated rings. The van der Waals surface area contributed by atoms with Crippen LogP contribution in [-0.4, -0.2) is 48.8 Å². The van der Waals surface area contributed by atoms with E-state index in [-0.39, 0.29) is 46.3 Å². The number of carbonyl (C=O) groups excluding carboxylic acids is 2. The van der Waals surface area contributed by atoms with Crippen LogP contribution in [0.25, 0.3) is 22.0 Å². The predicted molar refractivity (Wildman–Crippen MR) is 177 cm³/mol. The summed E-state index contributed by atoms with van der Waals surface area (Å²) in [6, 6.07) is 13.7. The minimum Gasteiger partial charge on any atom is -0.493 e. The summed E-state index contributed by atoms with van der Waals surface area (Å²) in [5.41, 5.74) is 5.22. The Morgan fingerprint density at radius 3 is 2.35 bits per heavy atom. The Morgan fingerprint density at radius 1 is 0.959 bits per heavy atom. The van der Waals surface area contributed by atoms with Gasteiger partial charge < -0.3 is 34.6 Å². The van der Waals surface area contributed by atoms with Crippen LogP contribution in [0.2, 0.25) is 0 Å². The lowest BCUT2D eigenvalue weighted by atomic mass is 9.97. The largest absolute Gasteiger partial charge is 0.493 e. The van der Waals surface area contributed by atoms with Crippen LogP contribution in [0.3, 0.4) is 0 Å². The number of aromatic nitrogens is 2. The average molecular weight is 671 g/mol. The van der Waals surface area contributed by atoms with Gasteiger partial charge in [-0.25, -0.2) is 8.78 Å². The zero-order valence-corrected chi connectivity index (χ0v) is 26.6. The van der Waals surface area contributed by atoms with E-state index >= 15 is 4.39 Å². The van der Waals surface area contributed by atoms with Gasteiger partial charge in [-0.1, -0.05) is 12.1 Å². The molecule has 0 atom stereocenters. The van der Waals surface area contributed by atoms with Gasteiger partial charge in [0, 0.05) is 55.4 Å². The first-order chi connectivity index (χ1) is 23.7. The van der Waals surface area contributed by atoms with E-state index in [0.29, 0.717) is 54.2 Å². The maximum atomic E-state index is 15.4. The van der Waals surface area contributed by atoms with Crippen LogP contribution >= 0.6 is 0 Å². The molecule has 5 aromatic rings. The number of hydrogen-bond acceptors (Lipinski definition) is 8. The first kappa shape index (κ1) is 33.1. The Labute approximate surface area is 279 Å². The molecule has 6 rings (SSSR count). The summed E-state index contributed by atoms with van der Waals surface area (Å²) >= 11 is 0. The second kappa shape index (κ2) is 14.1. The molecule has 0 radical (unpaired) electrons. The van der Waals surface area contributed by atoms with E-state index in [1.165, 1.54) is 55.4 Å². The van der Waals surface area contributed by atoms with Crippen LogP contribution < -0.4 is 30.7 Å². The van der Waals surface area contributed by atoms with Gasteiger partial charge in [-0.05, 0) is 60.7 Å². The molecule has 49 heavy (non-hydrogen) atoms. The molecule has 11 nitrogen and oxygen atoms in total. The van der Waals surface area contributed by atoms with Crippen molar-refractivity contribution in [3.63, 3.8) is 0 Å². The Morgan fingerprint density at radius 2 is 1.67 bits per heavy atom. The number of rotatable bonds is 10. The number of nitrogens with one attached hydrogen (secondary N) is 1. The number of benzene rings is 3. The number of halogens is 2. The number of carbonyl (C=O) groups is 2. The molecule has 0 spiro atoms. The van der Waals surface area contributed by atoms with Crippen LogP contribution in [0.4, 0.5) is 14.5 Å². The topological polar surface area (TPSA) is 144 Å². The van der Waals surface area contributed by atoms with Gasteiger partial charge in [0.05, 0.1) is 25.3 Å². The quantitative estimate of drug-likeness (QED) is 0.186. The van der Waals surface area contributed by atoms with E-state index in [1.54, 1.807) is 18.2 Å². The van der Waals surface area contributed by atoms with E-state index in [9.17, 15) is 18.8 Å². The lowest BCUT2D eigenvalue weighted by Crippen LogP contribution is -2.32. The van der Waals surface area contributed by atoms with Gasteiger partial charge in [0.25, 0.3) is 11.8 Å². The molecule has 1 saturated heterocycles. The molecular formula is C36H32F2N4O7. The van der Waals surface area contributed by atoms with Crippen molar-refractivity contribution >= 4 is 28.4 Å². The number of fused-ring (bicyclic) bond motifs is 1. The average Bonchev–Trinajstić information content (AvgIpc) is 3.10. The Bertz CT molecular complexity index is 2110. The molecule has 2 aromatic heterocycles. The number of ether oxygens (including phenoxy) is 4. The Hall–Kier alpha value is -5.82. The smallest absolute Gasteiger partial charge is 0.266 e. The van der Waals surface area contributed by atoms with Crippen molar-refractivity contribution in [2.24, 2.45) is 11.7 Å². The lowest BCUT2D eigenvalue weighted by molar-refractivity contribution is 0.0608. The molecule has 0 saturated carbocycles. The van der Waals surface area contributed by atoms with E-state index in [1.807, 2.05) is 0 Å². The molecular weight excluding hydrogens is 638 g/mol. The fraction of sp³-hybridized carbons (Fsp3) is 0.222. The number of nitrogens with two attached hydrogens (primary N) is 1. The maximum Gasteiger partial charge on any atom is 0.266 e. The van der Waals surface area contributed by atoms with Gasteiger partial charge in [-0.2, -0.15) is 0 Å². The fourth-order valence-corrected chi connectivity index (χ4v) is 5.84. The van der Waals surface area contributed by atoms with Gasteiger partial charge in [0.2, 0.25) is 5.43 Å². The highest BCUT2D eigenvalue weighted by molar-refractivity contribution is 6.06. The number of anilines is 1. The highest BCUT2D eigenvalue weighted by Gasteiger charge is 2.26. The van der Waals surface area contributed by atoms with E-state index in [0.717, 1.165) is 18.2 Å². The summed E-state index contributed by atoms with van der Waals surface area (Å²) in [7, 11) is 2.99.